The van der Waals surface area contributed by atoms with E-state index in [4.69, 9.17) is 11.6 Å². The number of aryl methyl sites for hydroxylation is 1. The predicted molar refractivity (Wildman–Crippen MR) is 118 cm³/mol. The third-order valence-electron chi connectivity index (χ3n) is 5.16. The number of carbonyl (C=O) groups is 1. The van der Waals surface area contributed by atoms with Crippen molar-refractivity contribution in [2.24, 2.45) is 4.99 Å². The van der Waals surface area contributed by atoms with Crippen LogP contribution in [0.15, 0.2) is 59.6 Å². The molecular weight excluding hydrogens is 428 g/mol. The zero-order valence-electron chi connectivity index (χ0n) is 15.7. The number of sulfone groups is 1. The monoisotopic (exact) mass is 448 g/mol. The smallest absolute Gasteiger partial charge is 0.248 e. The van der Waals surface area contributed by atoms with E-state index < -0.39 is 9.84 Å². The number of hydrogen-bond acceptors (Lipinski definition) is 4. The highest BCUT2D eigenvalue weighted by Gasteiger charge is 2.48. The molecule has 4 rings (SSSR count). The lowest BCUT2D eigenvalue weighted by atomic mass is 10.1. The zero-order chi connectivity index (χ0) is 20.4. The summed E-state index contributed by atoms with van der Waals surface area (Å²) >= 11 is 7.71. The van der Waals surface area contributed by atoms with Crippen LogP contribution in [0.4, 0.5) is 0 Å². The molecule has 2 aromatic rings. The third-order valence-corrected chi connectivity index (χ3v) is 8.78. The predicted octanol–water partition coefficient (Wildman–Crippen LogP) is 3.57. The van der Waals surface area contributed by atoms with Crippen LogP contribution >= 0.6 is 23.4 Å². The van der Waals surface area contributed by atoms with Crippen molar-refractivity contribution >= 4 is 44.3 Å². The average Bonchev–Trinajstić information content (AvgIpc) is 3.14. The zero-order valence-corrected chi connectivity index (χ0v) is 18.1. The molecule has 0 bridgehead atoms. The molecule has 152 valence electrons. The van der Waals surface area contributed by atoms with E-state index in [1.807, 2.05) is 59.5 Å². The molecule has 2 fully saturated rings. The van der Waals surface area contributed by atoms with Crippen molar-refractivity contribution in [3.05, 3.63) is 70.7 Å². The summed E-state index contributed by atoms with van der Waals surface area (Å²) in [5, 5.41) is 1.13. The van der Waals surface area contributed by atoms with Crippen LogP contribution in [0.5, 0.6) is 0 Å². The molecule has 0 unspecified atom stereocenters. The van der Waals surface area contributed by atoms with Gasteiger partial charge < -0.3 is 4.90 Å². The molecule has 2 aromatic carbocycles. The summed E-state index contributed by atoms with van der Waals surface area (Å²) in [5.41, 5.74) is 1.99. The summed E-state index contributed by atoms with van der Waals surface area (Å²) in [6, 6.07) is 17.1. The Morgan fingerprint density at radius 3 is 2.59 bits per heavy atom. The Hall–Kier alpha value is -1.83. The van der Waals surface area contributed by atoms with Gasteiger partial charge in [0.15, 0.2) is 15.0 Å². The van der Waals surface area contributed by atoms with Crippen LogP contribution < -0.4 is 0 Å². The van der Waals surface area contributed by atoms with Crippen LogP contribution in [0.1, 0.15) is 17.5 Å². The van der Waals surface area contributed by atoms with E-state index in [2.05, 4.69) is 4.99 Å². The second-order valence-electron chi connectivity index (χ2n) is 7.29. The largest absolute Gasteiger partial charge is 0.342 e. The molecule has 5 nitrogen and oxygen atoms in total. The second kappa shape index (κ2) is 8.50. The van der Waals surface area contributed by atoms with Gasteiger partial charge in [-0.05, 0) is 23.6 Å². The van der Waals surface area contributed by atoms with Gasteiger partial charge in [-0.15, -0.1) is 0 Å². The van der Waals surface area contributed by atoms with E-state index in [1.54, 1.807) is 0 Å². The topological polar surface area (TPSA) is 66.8 Å². The van der Waals surface area contributed by atoms with Crippen molar-refractivity contribution in [3.63, 3.8) is 0 Å². The van der Waals surface area contributed by atoms with E-state index in [9.17, 15) is 13.2 Å². The Labute approximate surface area is 180 Å². The maximum absolute atomic E-state index is 12.5. The van der Waals surface area contributed by atoms with Gasteiger partial charge in [0.25, 0.3) is 0 Å². The molecule has 1 amide bonds. The first kappa shape index (κ1) is 20.4. The standard InChI is InChI=1S/C21H21ClN2O3S2/c22-17-9-5-4-8-16(17)12-24-18-13-29(26,27)14-19(18)28-21(24)23-20(25)11-10-15-6-2-1-3-7-15/h1-9,18-19H,10-14H2/t18-,19+/m1/s1. The van der Waals surface area contributed by atoms with Crippen molar-refractivity contribution in [2.45, 2.75) is 30.7 Å². The first-order valence-corrected chi connectivity index (χ1v) is 12.5. The number of rotatable bonds is 5. The molecule has 0 N–H and O–H groups in total. The van der Waals surface area contributed by atoms with Crippen molar-refractivity contribution < 1.29 is 13.2 Å². The van der Waals surface area contributed by atoms with Gasteiger partial charge in [-0.3, -0.25) is 4.79 Å². The SMILES string of the molecule is O=C(CCc1ccccc1)N=C1S[C@H]2CS(=O)(=O)C[C@H]2N1Cc1ccccc1Cl. The Bertz CT molecular complexity index is 1040. The number of amides is 1. The van der Waals surface area contributed by atoms with E-state index >= 15 is 0 Å². The highest BCUT2D eigenvalue weighted by Crippen LogP contribution is 2.39. The van der Waals surface area contributed by atoms with Crippen LogP contribution in [0, 0.1) is 0 Å². The van der Waals surface area contributed by atoms with Crippen molar-refractivity contribution in [1.82, 2.24) is 4.90 Å². The van der Waals surface area contributed by atoms with Crippen molar-refractivity contribution in [3.8, 4) is 0 Å². The Kier molecular flexibility index (Phi) is 5.99. The van der Waals surface area contributed by atoms with E-state index in [0.29, 0.717) is 29.6 Å². The fourth-order valence-corrected chi connectivity index (χ4v) is 7.85. The first-order valence-electron chi connectivity index (χ1n) is 9.44. The number of fused-ring (bicyclic) bond motifs is 1. The molecule has 0 saturated carbocycles. The lowest BCUT2D eigenvalue weighted by Crippen LogP contribution is -2.37. The number of carbonyl (C=O) groups excluding carboxylic acids is 1. The van der Waals surface area contributed by atoms with Gasteiger partial charge in [0.05, 0.1) is 17.5 Å². The van der Waals surface area contributed by atoms with Crippen molar-refractivity contribution in [2.75, 3.05) is 11.5 Å². The highest BCUT2D eigenvalue weighted by atomic mass is 35.5. The summed E-state index contributed by atoms with van der Waals surface area (Å²) in [4.78, 5) is 18.8. The lowest BCUT2D eigenvalue weighted by Gasteiger charge is -2.25. The third kappa shape index (κ3) is 4.85. The number of hydrogen-bond donors (Lipinski definition) is 0. The van der Waals surface area contributed by atoms with Gasteiger partial charge in [-0.25, -0.2) is 8.42 Å². The molecule has 0 radical (unpaired) electrons. The minimum absolute atomic E-state index is 0.0896. The Balaban J connectivity index is 1.53. The molecule has 2 atom stereocenters. The van der Waals surface area contributed by atoms with Gasteiger partial charge in [0, 0.05) is 23.2 Å². The van der Waals surface area contributed by atoms with Crippen LogP contribution in [-0.4, -0.2) is 47.2 Å². The summed E-state index contributed by atoms with van der Waals surface area (Å²) in [6.07, 6.45) is 0.953. The summed E-state index contributed by atoms with van der Waals surface area (Å²) in [6.45, 7) is 0.439. The summed E-state index contributed by atoms with van der Waals surface area (Å²) in [7, 11) is -3.07. The normalized spacial score (nSPS) is 24.0. The highest BCUT2D eigenvalue weighted by molar-refractivity contribution is 8.15. The fourth-order valence-electron chi connectivity index (χ4n) is 3.69. The molecule has 2 heterocycles. The van der Waals surface area contributed by atoms with Crippen LogP contribution in [0.2, 0.25) is 5.02 Å². The fraction of sp³-hybridized carbons (Fsp3) is 0.333. The first-order chi connectivity index (χ1) is 13.9. The molecule has 29 heavy (non-hydrogen) atoms. The van der Waals surface area contributed by atoms with Gasteiger partial charge in [-0.1, -0.05) is 71.9 Å². The Morgan fingerprint density at radius 2 is 1.83 bits per heavy atom. The maximum atomic E-state index is 12.5. The molecule has 0 aromatic heterocycles. The van der Waals surface area contributed by atoms with Gasteiger partial charge in [0.2, 0.25) is 5.91 Å². The molecule has 2 aliphatic heterocycles. The number of amidine groups is 1. The molecule has 2 saturated heterocycles. The van der Waals surface area contributed by atoms with E-state index in [-0.39, 0.29) is 28.7 Å². The lowest BCUT2D eigenvalue weighted by molar-refractivity contribution is -0.117. The Morgan fingerprint density at radius 1 is 1.10 bits per heavy atom. The van der Waals surface area contributed by atoms with E-state index in [1.165, 1.54) is 11.8 Å². The molecule has 0 aliphatic carbocycles. The summed E-state index contributed by atoms with van der Waals surface area (Å²) < 4.78 is 24.2. The quantitative estimate of drug-likeness (QED) is 0.699. The van der Waals surface area contributed by atoms with Crippen molar-refractivity contribution in [1.29, 1.82) is 0 Å². The number of halogens is 1. The molecular formula is C21H21ClN2O3S2. The number of thioether (sulfide) groups is 1. The minimum Gasteiger partial charge on any atom is -0.342 e. The van der Waals surface area contributed by atoms with Crippen LogP contribution in [0.3, 0.4) is 0 Å². The molecule has 2 aliphatic rings. The summed E-state index contributed by atoms with van der Waals surface area (Å²) in [5.74, 6) is 0.0219. The number of aliphatic imine (C=N–C) groups is 1. The number of benzene rings is 2. The van der Waals surface area contributed by atoms with Crippen LogP contribution in [0.25, 0.3) is 0 Å². The molecule has 0 spiro atoms. The van der Waals surface area contributed by atoms with Crippen LogP contribution in [-0.2, 0) is 27.6 Å². The minimum atomic E-state index is -3.07. The second-order valence-corrected chi connectivity index (χ2v) is 11.1. The molecule has 8 heteroatoms. The van der Waals surface area contributed by atoms with Gasteiger partial charge >= 0.3 is 0 Å². The maximum Gasteiger partial charge on any atom is 0.248 e. The average molecular weight is 449 g/mol. The number of nitrogens with zero attached hydrogens (tertiary/aromatic N) is 2. The van der Waals surface area contributed by atoms with Gasteiger partial charge in [0.1, 0.15) is 0 Å². The van der Waals surface area contributed by atoms with E-state index in [0.717, 1.165) is 11.1 Å². The van der Waals surface area contributed by atoms with Gasteiger partial charge in [-0.2, -0.15) is 4.99 Å².